The molecule has 1 heterocycles. The third-order valence-electron chi connectivity index (χ3n) is 2.80. The Kier molecular flexibility index (Phi) is 3.45. The molecule has 0 aromatic heterocycles. The Morgan fingerprint density at radius 3 is 2.88 bits per heavy atom. The Balaban J connectivity index is 2.01. The van der Waals surface area contributed by atoms with E-state index < -0.39 is 5.54 Å². The number of carbonyl (C=O) groups is 1. The van der Waals surface area contributed by atoms with Gasteiger partial charge < -0.3 is 10.4 Å². The lowest BCUT2D eigenvalue weighted by Crippen LogP contribution is -2.49. The van der Waals surface area contributed by atoms with Crippen LogP contribution in [0.4, 0.5) is 0 Å². The van der Waals surface area contributed by atoms with Crippen LogP contribution in [0.3, 0.4) is 0 Å². The van der Waals surface area contributed by atoms with E-state index in [1.807, 2.05) is 32.0 Å². The van der Waals surface area contributed by atoms with E-state index in [-0.39, 0.29) is 17.8 Å². The molecule has 1 amide bonds. The number of hydrogen-bond donors (Lipinski definition) is 2. The van der Waals surface area contributed by atoms with Crippen LogP contribution in [-0.4, -0.2) is 28.4 Å². The largest absolute Gasteiger partial charge is 0.394 e. The van der Waals surface area contributed by atoms with Gasteiger partial charge in [-0.25, -0.2) is 0 Å². The summed E-state index contributed by atoms with van der Waals surface area (Å²) in [4.78, 5) is 13.2. The SMILES string of the molecule is CC(C)(CO)NC(=O)C1Cc2ccccc2S1. The van der Waals surface area contributed by atoms with Crippen LogP contribution < -0.4 is 5.32 Å². The maximum absolute atomic E-state index is 12.0. The van der Waals surface area contributed by atoms with E-state index in [0.717, 1.165) is 6.42 Å². The molecule has 0 saturated heterocycles. The average molecular weight is 251 g/mol. The summed E-state index contributed by atoms with van der Waals surface area (Å²) in [5.74, 6) is 0.00486. The highest BCUT2D eigenvalue weighted by Crippen LogP contribution is 2.36. The molecule has 3 nitrogen and oxygen atoms in total. The second kappa shape index (κ2) is 4.70. The molecule has 2 rings (SSSR count). The summed E-state index contributed by atoms with van der Waals surface area (Å²) in [6.45, 7) is 3.58. The van der Waals surface area contributed by atoms with E-state index in [9.17, 15) is 4.79 Å². The van der Waals surface area contributed by atoms with Crippen molar-refractivity contribution in [1.82, 2.24) is 5.32 Å². The Bertz CT molecular complexity index is 406. The number of hydrogen-bond acceptors (Lipinski definition) is 3. The van der Waals surface area contributed by atoms with E-state index in [1.165, 1.54) is 10.5 Å². The summed E-state index contributed by atoms with van der Waals surface area (Å²) in [5.41, 5.74) is 0.686. The zero-order chi connectivity index (χ0) is 12.5. The monoisotopic (exact) mass is 251 g/mol. The minimum absolute atomic E-state index is 0.00486. The van der Waals surface area contributed by atoms with Crippen LogP contribution in [0.25, 0.3) is 0 Å². The van der Waals surface area contributed by atoms with Gasteiger partial charge in [0.1, 0.15) is 0 Å². The van der Waals surface area contributed by atoms with Crippen molar-refractivity contribution in [2.75, 3.05) is 6.61 Å². The number of amides is 1. The third kappa shape index (κ3) is 2.82. The van der Waals surface area contributed by atoms with Crippen LogP contribution in [0.5, 0.6) is 0 Å². The van der Waals surface area contributed by atoms with Gasteiger partial charge in [0.05, 0.1) is 17.4 Å². The van der Waals surface area contributed by atoms with Crippen LogP contribution >= 0.6 is 11.8 Å². The molecule has 0 fully saturated rings. The van der Waals surface area contributed by atoms with Crippen molar-refractivity contribution in [2.45, 2.75) is 36.0 Å². The van der Waals surface area contributed by atoms with Crippen molar-refractivity contribution < 1.29 is 9.90 Å². The maximum Gasteiger partial charge on any atom is 0.234 e. The molecule has 0 bridgehead atoms. The predicted molar refractivity (Wildman–Crippen MR) is 69.1 cm³/mol. The second-order valence-electron chi connectivity index (χ2n) is 4.95. The van der Waals surface area contributed by atoms with Gasteiger partial charge in [-0.1, -0.05) is 18.2 Å². The number of nitrogens with one attached hydrogen (secondary N) is 1. The maximum atomic E-state index is 12.0. The Morgan fingerprint density at radius 2 is 2.24 bits per heavy atom. The van der Waals surface area contributed by atoms with E-state index in [1.54, 1.807) is 11.8 Å². The average Bonchev–Trinajstić information content (AvgIpc) is 2.72. The molecule has 1 unspecified atom stereocenters. The molecule has 17 heavy (non-hydrogen) atoms. The molecule has 1 aromatic carbocycles. The Hall–Kier alpha value is -1.00. The van der Waals surface area contributed by atoms with Gasteiger partial charge in [-0.05, 0) is 31.9 Å². The minimum Gasteiger partial charge on any atom is -0.394 e. The standard InChI is InChI=1S/C13H17NO2S/c1-13(2,8-15)14-12(16)11-7-9-5-3-4-6-10(9)17-11/h3-6,11,15H,7-8H2,1-2H3,(H,14,16). The number of aliphatic hydroxyl groups is 1. The zero-order valence-electron chi connectivity index (χ0n) is 10.1. The third-order valence-corrected chi connectivity index (χ3v) is 4.11. The quantitative estimate of drug-likeness (QED) is 0.857. The summed E-state index contributed by atoms with van der Waals surface area (Å²) >= 11 is 1.60. The molecule has 92 valence electrons. The van der Waals surface area contributed by atoms with Gasteiger partial charge in [-0.15, -0.1) is 11.8 Å². The molecular weight excluding hydrogens is 234 g/mol. The summed E-state index contributed by atoms with van der Waals surface area (Å²) < 4.78 is 0. The molecule has 1 aliphatic heterocycles. The van der Waals surface area contributed by atoms with Crippen LogP contribution in [0.1, 0.15) is 19.4 Å². The van der Waals surface area contributed by atoms with Gasteiger partial charge in [0.2, 0.25) is 5.91 Å². The first-order chi connectivity index (χ1) is 8.02. The fourth-order valence-electron chi connectivity index (χ4n) is 1.78. The molecular formula is C13H17NO2S. The number of carbonyl (C=O) groups excluding carboxylic acids is 1. The summed E-state index contributed by atoms with van der Waals surface area (Å²) in [6, 6.07) is 8.10. The van der Waals surface area contributed by atoms with Crippen LogP contribution in [0.2, 0.25) is 0 Å². The highest BCUT2D eigenvalue weighted by molar-refractivity contribution is 8.01. The van der Waals surface area contributed by atoms with Crippen molar-refractivity contribution in [3.63, 3.8) is 0 Å². The Labute approximate surface area is 106 Å². The first-order valence-corrected chi connectivity index (χ1v) is 6.57. The fraction of sp³-hybridized carbons (Fsp3) is 0.462. The van der Waals surface area contributed by atoms with Gasteiger partial charge >= 0.3 is 0 Å². The minimum atomic E-state index is -0.549. The van der Waals surface area contributed by atoms with Crippen molar-refractivity contribution in [2.24, 2.45) is 0 Å². The summed E-state index contributed by atoms with van der Waals surface area (Å²) in [6.07, 6.45) is 0.772. The predicted octanol–water partition coefficient (Wildman–Crippen LogP) is 1.59. The van der Waals surface area contributed by atoms with Crippen LogP contribution in [0.15, 0.2) is 29.2 Å². The molecule has 1 atom stereocenters. The first kappa shape index (κ1) is 12.5. The van der Waals surface area contributed by atoms with Gasteiger partial charge in [0.15, 0.2) is 0 Å². The molecule has 0 spiro atoms. The second-order valence-corrected chi connectivity index (χ2v) is 6.19. The number of benzene rings is 1. The number of thioether (sulfide) groups is 1. The van der Waals surface area contributed by atoms with E-state index in [0.29, 0.717) is 0 Å². The van der Waals surface area contributed by atoms with Gasteiger partial charge in [0, 0.05) is 4.90 Å². The van der Waals surface area contributed by atoms with E-state index >= 15 is 0 Å². The molecule has 0 radical (unpaired) electrons. The first-order valence-electron chi connectivity index (χ1n) is 5.69. The van der Waals surface area contributed by atoms with Crippen LogP contribution in [-0.2, 0) is 11.2 Å². The van der Waals surface area contributed by atoms with Gasteiger partial charge in [-0.2, -0.15) is 0 Å². The number of aliphatic hydroxyl groups excluding tert-OH is 1. The highest BCUT2D eigenvalue weighted by atomic mass is 32.2. The molecule has 1 aliphatic rings. The van der Waals surface area contributed by atoms with Crippen LogP contribution in [0, 0.1) is 0 Å². The lowest BCUT2D eigenvalue weighted by atomic mass is 10.1. The zero-order valence-corrected chi connectivity index (χ0v) is 10.9. The van der Waals surface area contributed by atoms with Gasteiger partial charge in [0.25, 0.3) is 0 Å². The molecule has 0 saturated carbocycles. The van der Waals surface area contributed by atoms with E-state index in [4.69, 9.17) is 5.11 Å². The Morgan fingerprint density at radius 1 is 1.53 bits per heavy atom. The smallest absolute Gasteiger partial charge is 0.234 e. The number of fused-ring (bicyclic) bond motifs is 1. The lowest BCUT2D eigenvalue weighted by Gasteiger charge is -2.25. The van der Waals surface area contributed by atoms with E-state index in [2.05, 4.69) is 11.4 Å². The number of rotatable bonds is 3. The van der Waals surface area contributed by atoms with Crippen molar-refractivity contribution in [3.05, 3.63) is 29.8 Å². The highest BCUT2D eigenvalue weighted by Gasteiger charge is 2.30. The summed E-state index contributed by atoms with van der Waals surface area (Å²) in [5, 5.41) is 11.9. The van der Waals surface area contributed by atoms with Gasteiger partial charge in [-0.3, -0.25) is 4.79 Å². The normalized spacial score (nSPS) is 18.9. The molecule has 0 aliphatic carbocycles. The molecule has 4 heteroatoms. The summed E-state index contributed by atoms with van der Waals surface area (Å²) in [7, 11) is 0. The van der Waals surface area contributed by atoms with Crippen molar-refractivity contribution >= 4 is 17.7 Å². The molecule has 2 N–H and O–H groups in total. The fourth-order valence-corrected chi connectivity index (χ4v) is 2.98. The lowest BCUT2D eigenvalue weighted by molar-refractivity contribution is -0.122. The van der Waals surface area contributed by atoms with Crippen molar-refractivity contribution in [1.29, 1.82) is 0 Å². The topological polar surface area (TPSA) is 49.3 Å². The van der Waals surface area contributed by atoms with Crippen molar-refractivity contribution in [3.8, 4) is 0 Å². The molecule has 1 aromatic rings.